The van der Waals surface area contributed by atoms with E-state index in [9.17, 15) is 14.4 Å². The number of nitrogens with zero attached hydrogens (tertiary/aromatic N) is 1. The number of esters is 1. The average Bonchev–Trinajstić information content (AvgIpc) is 3.10. The number of primary amides is 1. The molecule has 2 amide bonds. The minimum Gasteiger partial charge on any atom is -0.462 e. The van der Waals surface area contributed by atoms with Crippen molar-refractivity contribution in [3.05, 3.63) is 51.9 Å². The third-order valence-electron chi connectivity index (χ3n) is 4.90. The molecule has 2 aromatic rings. The molecule has 0 aliphatic carbocycles. The van der Waals surface area contributed by atoms with E-state index in [1.807, 2.05) is 31.2 Å². The van der Waals surface area contributed by atoms with Crippen molar-refractivity contribution in [3.63, 3.8) is 0 Å². The van der Waals surface area contributed by atoms with Gasteiger partial charge in [-0.2, -0.15) is 0 Å². The molecule has 0 saturated carbocycles. The van der Waals surface area contributed by atoms with Crippen LogP contribution in [-0.2, 0) is 33.7 Å². The van der Waals surface area contributed by atoms with Crippen molar-refractivity contribution in [3.8, 4) is 0 Å². The lowest BCUT2D eigenvalue weighted by molar-refractivity contribution is -0.125. The number of thiophene rings is 1. The number of carbonyl (C=O) groups is 3. The molecule has 154 valence electrons. The zero-order chi connectivity index (χ0) is 21.0. The fourth-order valence-electron chi connectivity index (χ4n) is 3.44. The summed E-state index contributed by atoms with van der Waals surface area (Å²) >= 11 is 1.36. The summed E-state index contributed by atoms with van der Waals surface area (Å²) in [4.78, 5) is 39.7. The highest BCUT2D eigenvalue weighted by Crippen LogP contribution is 2.30. The predicted octanol–water partition coefficient (Wildman–Crippen LogP) is 2.34. The van der Waals surface area contributed by atoms with Crippen molar-refractivity contribution in [2.24, 2.45) is 5.73 Å². The van der Waals surface area contributed by atoms with Crippen LogP contribution in [0.1, 0.15) is 40.2 Å². The van der Waals surface area contributed by atoms with E-state index < -0.39 is 17.9 Å². The summed E-state index contributed by atoms with van der Waals surface area (Å²) in [5.74, 6) is -1.21. The highest BCUT2D eigenvalue weighted by Gasteiger charge is 2.31. The number of hydrogen-bond donors (Lipinski definition) is 2. The first-order valence-corrected chi connectivity index (χ1v) is 10.4. The van der Waals surface area contributed by atoms with Gasteiger partial charge in [0.2, 0.25) is 11.8 Å². The summed E-state index contributed by atoms with van der Waals surface area (Å²) in [6.07, 6.45) is 1.23. The van der Waals surface area contributed by atoms with Gasteiger partial charge in [-0.25, -0.2) is 4.79 Å². The van der Waals surface area contributed by atoms with Crippen LogP contribution < -0.4 is 11.1 Å². The van der Waals surface area contributed by atoms with Crippen molar-refractivity contribution in [1.82, 2.24) is 4.90 Å². The van der Waals surface area contributed by atoms with Crippen LogP contribution in [0.3, 0.4) is 0 Å². The lowest BCUT2D eigenvalue weighted by atomic mass is 9.93. The lowest BCUT2D eigenvalue weighted by Gasteiger charge is -2.34. The van der Waals surface area contributed by atoms with E-state index in [4.69, 9.17) is 10.5 Å². The summed E-state index contributed by atoms with van der Waals surface area (Å²) in [5, 5.41) is 3.29. The number of nitrogens with one attached hydrogen (secondary N) is 1. The van der Waals surface area contributed by atoms with E-state index in [2.05, 4.69) is 5.32 Å². The SMILES string of the molecule is CCOC(=O)c1cc(CC)sc1NC(=O)CN1Cc2ccccc2C[C@H]1C(N)=O. The van der Waals surface area contributed by atoms with Crippen LogP contribution in [0, 0.1) is 0 Å². The third-order valence-corrected chi connectivity index (χ3v) is 6.10. The first-order valence-electron chi connectivity index (χ1n) is 9.62. The van der Waals surface area contributed by atoms with Gasteiger partial charge in [-0.3, -0.25) is 14.5 Å². The van der Waals surface area contributed by atoms with Crippen molar-refractivity contribution >= 4 is 34.1 Å². The first kappa shape index (κ1) is 21.0. The Hall–Kier alpha value is -2.71. The fraction of sp³-hybridized carbons (Fsp3) is 0.381. The van der Waals surface area contributed by atoms with Crippen LogP contribution in [0.5, 0.6) is 0 Å². The minimum atomic E-state index is -0.547. The van der Waals surface area contributed by atoms with Gasteiger partial charge in [-0.05, 0) is 37.0 Å². The zero-order valence-electron chi connectivity index (χ0n) is 16.6. The maximum atomic E-state index is 12.7. The van der Waals surface area contributed by atoms with Crippen molar-refractivity contribution in [1.29, 1.82) is 0 Å². The second kappa shape index (κ2) is 9.19. The quantitative estimate of drug-likeness (QED) is 0.676. The third kappa shape index (κ3) is 4.83. The van der Waals surface area contributed by atoms with E-state index in [0.717, 1.165) is 22.4 Å². The number of hydrogen-bond acceptors (Lipinski definition) is 6. The molecule has 7 nitrogen and oxygen atoms in total. The van der Waals surface area contributed by atoms with Crippen LogP contribution in [-0.4, -0.2) is 41.9 Å². The largest absolute Gasteiger partial charge is 0.462 e. The molecule has 0 fully saturated rings. The van der Waals surface area contributed by atoms with Crippen LogP contribution in [0.15, 0.2) is 30.3 Å². The molecule has 0 saturated heterocycles. The molecule has 1 aliphatic heterocycles. The second-order valence-corrected chi connectivity index (χ2v) is 8.01. The van der Waals surface area contributed by atoms with E-state index in [1.54, 1.807) is 17.9 Å². The normalized spacial score (nSPS) is 16.1. The summed E-state index contributed by atoms with van der Waals surface area (Å²) in [5.41, 5.74) is 8.10. The van der Waals surface area contributed by atoms with Gasteiger partial charge in [0, 0.05) is 11.4 Å². The number of ether oxygens (including phenoxy) is 1. The van der Waals surface area contributed by atoms with E-state index in [-0.39, 0.29) is 19.1 Å². The van der Waals surface area contributed by atoms with Gasteiger partial charge >= 0.3 is 5.97 Å². The molecule has 3 N–H and O–H groups in total. The summed E-state index contributed by atoms with van der Waals surface area (Å²) in [6, 6.07) is 9.04. The Bertz CT molecular complexity index is 924. The van der Waals surface area contributed by atoms with Gasteiger partial charge in [0.05, 0.1) is 24.8 Å². The Labute approximate surface area is 173 Å². The molecule has 8 heteroatoms. The molecule has 2 heterocycles. The van der Waals surface area contributed by atoms with E-state index in [1.165, 1.54) is 11.3 Å². The molecule has 0 bridgehead atoms. The smallest absolute Gasteiger partial charge is 0.341 e. The summed E-state index contributed by atoms with van der Waals surface area (Å²) in [6.45, 7) is 4.45. The van der Waals surface area contributed by atoms with Gasteiger partial charge in [0.25, 0.3) is 0 Å². The van der Waals surface area contributed by atoms with Gasteiger partial charge in [0.15, 0.2) is 0 Å². The molecule has 0 radical (unpaired) electrons. The maximum absolute atomic E-state index is 12.7. The van der Waals surface area contributed by atoms with Gasteiger partial charge in [0.1, 0.15) is 5.00 Å². The Kier molecular flexibility index (Phi) is 6.66. The number of fused-ring (bicyclic) bond motifs is 1. The Balaban J connectivity index is 1.75. The van der Waals surface area contributed by atoms with Crippen LogP contribution in [0.25, 0.3) is 0 Å². The van der Waals surface area contributed by atoms with Gasteiger partial charge in [-0.1, -0.05) is 31.2 Å². The molecular formula is C21H25N3O4S. The molecule has 1 atom stereocenters. The lowest BCUT2D eigenvalue weighted by Crippen LogP contribution is -2.50. The van der Waals surface area contributed by atoms with Gasteiger partial charge < -0.3 is 15.8 Å². The Morgan fingerprint density at radius 2 is 1.97 bits per heavy atom. The summed E-state index contributed by atoms with van der Waals surface area (Å²) in [7, 11) is 0. The number of amides is 2. The van der Waals surface area contributed by atoms with Gasteiger partial charge in [-0.15, -0.1) is 11.3 Å². The number of benzene rings is 1. The highest BCUT2D eigenvalue weighted by molar-refractivity contribution is 7.16. The van der Waals surface area contributed by atoms with Crippen molar-refractivity contribution in [2.75, 3.05) is 18.5 Å². The number of nitrogens with two attached hydrogens (primary N) is 1. The van der Waals surface area contributed by atoms with E-state index >= 15 is 0 Å². The first-order chi connectivity index (χ1) is 13.9. The zero-order valence-corrected chi connectivity index (χ0v) is 17.4. The topological polar surface area (TPSA) is 102 Å². The monoisotopic (exact) mass is 415 g/mol. The number of aryl methyl sites for hydroxylation is 1. The van der Waals surface area contributed by atoms with Crippen LogP contribution >= 0.6 is 11.3 Å². The van der Waals surface area contributed by atoms with Crippen LogP contribution in [0.4, 0.5) is 5.00 Å². The molecule has 0 spiro atoms. The molecule has 1 aromatic carbocycles. The standard InChI is InChI=1S/C21H25N3O4S/c1-3-15-10-16(21(27)28-4-2)20(29-15)23-18(25)12-24-11-14-8-6-5-7-13(14)9-17(24)19(22)26/h5-8,10,17H,3-4,9,11-12H2,1-2H3,(H2,22,26)(H,23,25)/t17-/m0/s1. The van der Waals surface area contributed by atoms with Crippen LogP contribution in [0.2, 0.25) is 0 Å². The fourth-order valence-corrected chi connectivity index (χ4v) is 4.44. The average molecular weight is 416 g/mol. The molecule has 1 aliphatic rings. The highest BCUT2D eigenvalue weighted by atomic mass is 32.1. The maximum Gasteiger partial charge on any atom is 0.341 e. The molecule has 1 aromatic heterocycles. The molecular weight excluding hydrogens is 390 g/mol. The second-order valence-electron chi connectivity index (χ2n) is 6.87. The Morgan fingerprint density at radius 3 is 2.62 bits per heavy atom. The number of rotatable bonds is 7. The summed E-state index contributed by atoms with van der Waals surface area (Å²) < 4.78 is 5.09. The predicted molar refractivity (Wildman–Crippen MR) is 112 cm³/mol. The van der Waals surface area contributed by atoms with Crippen molar-refractivity contribution in [2.45, 2.75) is 39.3 Å². The van der Waals surface area contributed by atoms with E-state index in [0.29, 0.717) is 23.5 Å². The minimum absolute atomic E-state index is 0.00354. The number of carbonyl (C=O) groups excluding carboxylic acids is 3. The van der Waals surface area contributed by atoms with Crippen molar-refractivity contribution < 1.29 is 19.1 Å². The molecule has 3 rings (SSSR count). The Morgan fingerprint density at radius 1 is 1.24 bits per heavy atom. The molecule has 0 unspecified atom stereocenters. The number of anilines is 1. The molecule has 29 heavy (non-hydrogen) atoms.